The number of alkyl halides is 3. The summed E-state index contributed by atoms with van der Waals surface area (Å²) in [5.74, 6) is -1.42. The molecule has 8 rings (SSSR count). The van der Waals surface area contributed by atoms with E-state index in [2.05, 4.69) is 25.5 Å². The van der Waals surface area contributed by atoms with Gasteiger partial charge in [-0.05, 0) is 37.0 Å². The fraction of sp³-hybridized carbons (Fsp3) is 0.333. The van der Waals surface area contributed by atoms with E-state index in [-0.39, 0.29) is 33.6 Å². The summed E-state index contributed by atoms with van der Waals surface area (Å²) < 4.78 is 49.2. The van der Waals surface area contributed by atoms with Gasteiger partial charge in [-0.2, -0.15) is 13.2 Å². The van der Waals surface area contributed by atoms with E-state index in [0.29, 0.717) is 39.7 Å². The number of halogens is 5. The van der Waals surface area contributed by atoms with Gasteiger partial charge in [0.1, 0.15) is 11.2 Å². The van der Waals surface area contributed by atoms with E-state index in [1.807, 2.05) is 12.1 Å². The van der Waals surface area contributed by atoms with Crippen molar-refractivity contribution in [3.05, 3.63) is 90.3 Å². The van der Waals surface area contributed by atoms with E-state index in [4.69, 9.17) is 32.9 Å². The summed E-state index contributed by atoms with van der Waals surface area (Å²) in [5, 5.41) is 6.02. The third-order valence-corrected chi connectivity index (χ3v) is 11.2. The Balaban J connectivity index is 1.15. The maximum atomic E-state index is 13.9. The van der Waals surface area contributed by atoms with E-state index in [9.17, 15) is 27.6 Å². The molecule has 0 saturated carbocycles. The molecule has 17 heteroatoms. The molecular formula is C36H31Cl2F3N8O4. The Morgan fingerprint density at radius 1 is 0.943 bits per heavy atom. The molecule has 2 saturated heterocycles. The minimum absolute atomic E-state index is 0.0848. The number of benzene rings is 2. The number of nitrogens with zero attached hydrogens (tertiary/aromatic N) is 6. The van der Waals surface area contributed by atoms with Crippen molar-refractivity contribution in [3.63, 3.8) is 0 Å². The fourth-order valence-corrected chi connectivity index (χ4v) is 8.38. The highest BCUT2D eigenvalue weighted by Crippen LogP contribution is 2.48. The van der Waals surface area contributed by atoms with Crippen LogP contribution in [-0.2, 0) is 31.5 Å². The number of hydrogen-bond donors (Lipinski definition) is 2. The zero-order valence-electron chi connectivity index (χ0n) is 28.6. The second kappa shape index (κ2) is 12.6. The van der Waals surface area contributed by atoms with E-state index in [1.165, 1.54) is 20.2 Å². The average molecular weight is 768 g/mol. The Kier molecular flexibility index (Phi) is 8.31. The van der Waals surface area contributed by atoms with Gasteiger partial charge in [-0.3, -0.25) is 23.6 Å². The number of rotatable bonds is 6. The van der Waals surface area contributed by atoms with Crippen molar-refractivity contribution in [3.8, 4) is 28.3 Å². The lowest BCUT2D eigenvalue weighted by atomic mass is 9.86. The Hall–Kier alpha value is -4.99. The summed E-state index contributed by atoms with van der Waals surface area (Å²) in [7, 11) is 4.00. The third-order valence-electron chi connectivity index (χ3n) is 10.4. The summed E-state index contributed by atoms with van der Waals surface area (Å²) in [6.07, 6.45) is -1.89. The number of carbonyl (C=O) groups excluding carboxylic acids is 1. The van der Waals surface area contributed by atoms with Crippen LogP contribution in [0, 0.1) is 0 Å². The summed E-state index contributed by atoms with van der Waals surface area (Å²) in [4.78, 5) is 52.0. The average Bonchev–Trinajstić information content (AvgIpc) is 3.73. The molecule has 12 nitrogen and oxygen atoms in total. The molecule has 1 spiro atoms. The third kappa shape index (κ3) is 5.72. The molecule has 2 aromatic carbocycles. The number of carbonyl (C=O) groups is 1. The van der Waals surface area contributed by atoms with Gasteiger partial charge in [0.2, 0.25) is 17.6 Å². The van der Waals surface area contributed by atoms with Crippen molar-refractivity contribution < 1.29 is 22.7 Å². The first-order chi connectivity index (χ1) is 25.2. The van der Waals surface area contributed by atoms with Crippen LogP contribution in [0.5, 0.6) is 5.88 Å². The second-order valence-corrected chi connectivity index (χ2v) is 14.4. The lowest BCUT2D eigenvalue weighted by Crippen LogP contribution is -2.67. The first-order valence-electron chi connectivity index (χ1n) is 16.7. The van der Waals surface area contributed by atoms with Gasteiger partial charge in [0.05, 0.1) is 34.1 Å². The summed E-state index contributed by atoms with van der Waals surface area (Å²) in [5.41, 5.74) is 2.04. The monoisotopic (exact) mass is 766 g/mol. The molecule has 1 aliphatic carbocycles. The standard InChI is InChI=1S/C36H31Cl2F3N8O4/c1-47-30-26(32(51)48(2)34(47)52)29(44-33(45-30)36(39,40)41)42-21-9-5-7-19(28(21)38)18-6-4-8-20(27(18)37)22-14-17-10-11-23(25(17)31(43-22)53-3)49-15-35(16-49)13-12-24(50)46-35/h4-9,14,23H,10-13,15-16H2,1-3H3,(H,46,50)(H,42,44,45)/t23-/m1/s1. The zero-order chi connectivity index (χ0) is 37.6. The number of ether oxygens (including phenoxy) is 1. The molecule has 274 valence electrons. The molecule has 2 N–H and O–H groups in total. The summed E-state index contributed by atoms with van der Waals surface area (Å²) in [6, 6.07) is 12.4. The van der Waals surface area contributed by atoms with Crippen molar-refractivity contribution in [2.24, 2.45) is 14.1 Å². The maximum absolute atomic E-state index is 13.9. The molecule has 2 fully saturated rings. The zero-order valence-corrected chi connectivity index (χ0v) is 30.1. The fourth-order valence-electron chi connectivity index (χ4n) is 7.78. The molecule has 1 atom stereocenters. The number of hydrogen-bond acceptors (Lipinski definition) is 9. The Morgan fingerprint density at radius 3 is 2.32 bits per heavy atom. The SMILES string of the molecule is COc1nc(-c2cccc(-c3cccc(Nc4nc(C(F)(F)F)nc5c4c(=O)n(C)c(=O)n5C)c3Cl)c2Cl)cc2c1[C@H](N1CC3(CCC(=O)N3)C1)CC2. The largest absolute Gasteiger partial charge is 0.481 e. The number of fused-ring (bicyclic) bond motifs is 2. The molecular weight excluding hydrogens is 736 g/mol. The summed E-state index contributed by atoms with van der Waals surface area (Å²) in [6.45, 7) is 1.56. The topological polar surface area (TPSA) is 136 Å². The van der Waals surface area contributed by atoms with E-state index in [0.717, 1.165) is 52.6 Å². The molecule has 2 aliphatic heterocycles. The minimum Gasteiger partial charge on any atom is -0.481 e. The Bertz CT molecular complexity index is 2500. The predicted molar refractivity (Wildman–Crippen MR) is 193 cm³/mol. The molecule has 5 aromatic rings. The van der Waals surface area contributed by atoms with E-state index >= 15 is 0 Å². The van der Waals surface area contributed by atoms with E-state index < -0.39 is 34.7 Å². The highest BCUT2D eigenvalue weighted by molar-refractivity contribution is 6.39. The molecule has 0 bridgehead atoms. The number of pyridine rings is 1. The van der Waals surface area contributed by atoms with Crippen LogP contribution in [0.1, 0.15) is 42.3 Å². The smallest absolute Gasteiger partial charge is 0.451 e. The number of aromatic nitrogens is 5. The molecule has 3 aromatic heterocycles. The molecule has 5 heterocycles. The first-order valence-corrected chi connectivity index (χ1v) is 17.5. The van der Waals surface area contributed by atoms with Crippen molar-refractivity contribution in [2.75, 3.05) is 25.5 Å². The van der Waals surface area contributed by atoms with Crippen LogP contribution >= 0.6 is 23.2 Å². The van der Waals surface area contributed by atoms with Crippen LogP contribution in [0.3, 0.4) is 0 Å². The highest BCUT2D eigenvalue weighted by atomic mass is 35.5. The lowest BCUT2D eigenvalue weighted by molar-refractivity contribution is -0.144. The predicted octanol–water partition coefficient (Wildman–Crippen LogP) is 5.79. The van der Waals surface area contributed by atoms with Gasteiger partial charge in [-0.1, -0.05) is 53.5 Å². The maximum Gasteiger partial charge on any atom is 0.451 e. The van der Waals surface area contributed by atoms with Crippen LogP contribution in [-0.4, -0.2) is 60.6 Å². The van der Waals surface area contributed by atoms with Gasteiger partial charge in [-0.25, -0.2) is 19.7 Å². The van der Waals surface area contributed by atoms with Crippen molar-refractivity contribution >= 4 is 51.6 Å². The number of amides is 1. The normalized spacial score (nSPS) is 18.0. The van der Waals surface area contributed by atoms with Gasteiger partial charge in [0, 0.05) is 61.9 Å². The highest BCUT2D eigenvalue weighted by Gasteiger charge is 2.51. The van der Waals surface area contributed by atoms with Crippen LogP contribution in [0.2, 0.25) is 10.0 Å². The summed E-state index contributed by atoms with van der Waals surface area (Å²) >= 11 is 14.0. The van der Waals surface area contributed by atoms with Gasteiger partial charge < -0.3 is 15.4 Å². The van der Waals surface area contributed by atoms with Crippen LogP contribution in [0.25, 0.3) is 33.4 Å². The molecule has 53 heavy (non-hydrogen) atoms. The van der Waals surface area contributed by atoms with E-state index in [1.54, 1.807) is 31.4 Å². The molecule has 0 unspecified atom stereocenters. The van der Waals surface area contributed by atoms with Gasteiger partial charge in [0.25, 0.3) is 5.56 Å². The lowest BCUT2D eigenvalue weighted by Gasteiger charge is -2.50. The van der Waals surface area contributed by atoms with Gasteiger partial charge in [0.15, 0.2) is 5.65 Å². The van der Waals surface area contributed by atoms with Crippen molar-refractivity contribution in [2.45, 2.75) is 43.4 Å². The Morgan fingerprint density at radius 2 is 1.64 bits per heavy atom. The number of anilines is 2. The first kappa shape index (κ1) is 35.1. The van der Waals surface area contributed by atoms with Crippen molar-refractivity contribution in [1.82, 2.24) is 34.3 Å². The second-order valence-electron chi connectivity index (χ2n) is 13.6. The van der Waals surface area contributed by atoms with Crippen LogP contribution < -0.4 is 26.6 Å². The van der Waals surface area contributed by atoms with Crippen LogP contribution in [0.15, 0.2) is 52.1 Å². The minimum atomic E-state index is -4.98. The number of nitrogens with one attached hydrogen (secondary N) is 2. The molecule has 3 aliphatic rings. The van der Waals surface area contributed by atoms with Gasteiger partial charge in [-0.15, -0.1) is 0 Å². The quantitative estimate of drug-likeness (QED) is 0.220. The Labute approximate surface area is 309 Å². The van der Waals surface area contributed by atoms with Crippen LogP contribution in [0.4, 0.5) is 24.7 Å². The number of methoxy groups -OCH3 is 1. The number of likely N-dealkylation sites (tertiary alicyclic amines) is 1. The molecule has 1 amide bonds. The molecule has 0 radical (unpaired) electrons. The van der Waals surface area contributed by atoms with Gasteiger partial charge >= 0.3 is 11.9 Å². The van der Waals surface area contributed by atoms with Crippen molar-refractivity contribution in [1.29, 1.82) is 0 Å². The number of aryl methyl sites for hydroxylation is 2.